The summed E-state index contributed by atoms with van der Waals surface area (Å²) in [5.74, 6) is -1.54. The lowest BCUT2D eigenvalue weighted by molar-refractivity contribution is -0.180. The highest BCUT2D eigenvalue weighted by Crippen LogP contribution is 2.41. The predicted octanol–water partition coefficient (Wildman–Crippen LogP) is 5.56. The maximum Gasteiger partial charge on any atom is 0.394 e. The maximum absolute atomic E-state index is 13.3. The van der Waals surface area contributed by atoms with Gasteiger partial charge in [0, 0.05) is 12.6 Å². The van der Waals surface area contributed by atoms with Crippen LogP contribution in [0.15, 0.2) is 18.2 Å². The number of thiophene rings is 1. The summed E-state index contributed by atoms with van der Waals surface area (Å²) in [6, 6.07) is 3.98. The lowest BCUT2D eigenvalue weighted by Gasteiger charge is -2.34. The van der Waals surface area contributed by atoms with Gasteiger partial charge in [-0.25, -0.2) is 0 Å². The Hall–Kier alpha value is -0.750. The number of benzene rings is 1. The Morgan fingerprint density at radius 2 is 1.92 bits per heavy atom. The van der Waals surface area contributed by atoms with Crippen molar-refractivity contribution in [1.82, 2.24) is 5.32 Å². The zero-order chi connectivity index (χ0) is 19.1. The van der Waals surface area contributed by atoms with Crippen LogP contribution >= 0.6 is 33.9 Å². The first-order valence-corrected chi connectivity index (χ1v) is 9.76. The number of piperidine rings is 1. The molecule has 1 aromatic heterocycles. The zero-order valence-electron chi connectivity index (χ0n) is 13.3. The minimum atomic E-state index is -4.34. The molecular formula is C16H15F6IN2S. The average molecular weight is 508 g/mol. The van der Waals surface area contributed by atoms with Crippen LogP contribution in [0.2, 0.25) is 0 Å². The summed E-state index contributed by atoms with van der Waals surface area (Å²) in [7, 11) is 0. The van der Waals surface area contributed by atoms with Crippen molar-refractivity contribution < 1.29 is 26.3 Å². The summed E-state index contributed by atoms with van der Waals surface area (Å²) in [5, 5.41) is 6.14. The van der Waals surface area contributed by atoms with E-state index in [2.05, 4.69) is 10.6 Å². The third-order valence-electron chi connectivity index (χ3n) is 4.39. The Morgan fingerprint density at radius 1 is 1.19 bits per heavy atom. The molecule has 2 atom stereocenters. The summed E-state index contributed by atoms with van der Waals surface area (Å²) in [4.78, 5) is 0. The van der Waals surface area contributed by atoms with Gasteiger partial charge in [0.15, 0.2) is 0 Å². The second kappa shape index (κ2) is 7.34. The van der Waals surface area contributed by atoms with Gasteiger partial charge in [0.2, 0.25) is 0 Å². The summed E-state index contributed by atoms with van der Waals surface area (Å²) in [6.07, 6.45) is -9.44. The van der Waals surface area contributed by atoms with Crippen molar-refractivity contribution in [2.45, 2.75) is 31.2 Å². The van der Waals surface area contributed by atoms with Crippen molar-refractivity contribution in [2.24, 2.45) is 5.92 Å². The minimum Gasteiger partial charge on any atom is -0.380 e. The number of fused-ring (bicyclic) bond motifs is 1. The van der Waals surface area contributed by atoms with E-state index >= 15 is 0 Å². The van der Waals surface area contributed by atoms with Crippen LogP contribution in [-0.4, -0.2) is 31.5 Å². The van der Waals surface area contributed by atoms with Crippen molar-refractivity contribution in [3.8, 4) is 0 Å². The molecule has 1 fully saturated rings. The van der Waals surface area contributed by atoms with E-state index in [0.29, 0.717) is 31.6 Å². The van der Waals surface area contributed by atoms with Crippen molar-refractivity contribution in [1.29, 1.82) is 0 Å². The first kappa shape index (κ1) is 20.0. The highest BCUT2D eigenvalue weighted by Gasteiger charge is 2.45. The van der Waals surface area contributed by atoms with E-state index in [9.17, 15) is 26.3 Å². The molecule has 1 saturated heterocycles. The largest absolute Gasteiger partial charge is 0.394 e. The van der Waals surface area contributed by atoms with E-state index in [-0.39, 0.29) is 12.1 Å². The van der Waals surface area contributed by atoms with Gasteiger partial charge in [-0.15, -0.1) is 11.3 Å². The van der Waals surface area contributed by atoms with Gasteiger partial charge in [-0.2, -0.15) is 26.3 Å². The maximum atomic E-state index is 13.3. The summed E-state index contributed by atoms with van der Waals surface area (Å²) >= 11 is 3.03. The summed E-state index contributed by atoms with van der Waals surface area (Å²) in [5.41, 5.74) is 0.638. The molecule has 0 saturated carbocycles. The number of hydrogen-bond acceptors (Lipinski definition) is 3. The highest BCUT2D eigenvalue weighted by atomic mass is 127. The molecule has 2 unspecified atom stereocenters. The zero-order valence-corrected chi connectivity index (χ0v) is 16.2. The fourth-order valence-electron chi connectivity index (χ4n) is 3.20. The van der Waals surface area contributed by atoms with E-state index in [1.54, 1.807) is 18.2 Å². The molecule has 0 radical (unpaired) electrons. The number of anilines is 1. The van der Waals surface area contributed by atoms with Gasteiger partial charge in [-0.05, 0) is 52.6 Å². The minimum absolute atomic E-state index is 0.168. The molecular weight excluding hydrogens is 493 g/mol. The molecule has 1 aromatic carbocycles. The fraction of sp³-hybridized carbons (Fsp3) is 0.500. The lowest BCUT2D eigenvalue weighted by Crippen LogP contribution is -2.50. The SMILES string of the molecule is FC(F)(F)Cc1c(I)sc2c(NC3CCNCC3C(F)(F)F)cccc12. The highest BCUT2D eigenvalue weighted by molar-refractivity contribution is 14.1. The molecule has 0 aliphatic carbocycles. The van der Waals surface area contributed by atoms with Crippen LogP contribution in [0, 0.1) is 8.80 Å². The van der Waals surface area contributed by atoms with Gasteiger partial charge >= 0.3 is 12.4 Å². The molecule has 2 nitrogen and oxygen atoms in total. The molecule has 0 bridgehead atoms. The van der Waals surface area contributed by atoms with Crippen molar-refractivity contribution in [3.63, 3.8) is 0 Å². The lowest BCUT2D eigenvalue weighted by atomic mass is 9.92. The molecule has 26 heavy (non-hydrogen) atoms. The van der Waals surface area contributed by atoms with Crippen molar-refractivity contribution in [2.75, 3.05) is 18.4 Å². The van der Waals surface area contributed by atoms with Crippen molar-refractivity contribution in [3.05, 3.63) is 26.6 Å². The van der Waals surface area contributed by atoms with Crippen LogP contribution < -0.4 is 10.6 Å². The van der Waals surface area contributed by atoms with E-state index in [0.717, 1.165) is 0 Å². The Morgan fingerprint density at radius 3 is 2.58 bits per heavy atom. The van der Waals surface area contributed by atoms with Crippen LogP contribution in [-0.2, 0) is 6.42 Å². The molecule has 144 valence electrons. The second-order valence-electron chi connectivity index (χ2n) is 6.22. The normalized spacial score (nSPS) is 22.0. The quantitative estimate of drug-likeness (QED) is 0.419. The van der Waals surface area contributed by atoms with E-state index < -0.39 is 30.7 Å². The van der Waals surface area contributed by atoms with Crippen LogP contribution in [0.1, 0.15) is 12.0 Å². The topological polar surface area (TPSA) is 24.1 Å². The fourth-order valence-corrected chi connectivity index (χ4v) is 5.36. The number of hydrogen-bond donors (Lipinski definition) is 2. The number of rotatable bonds is 3. The van der Waals surface area contributed by atoms with E-state index in [1.165, 1.54) is 11.3 Å². The first-order chi connectivity index (χ1) is 12.1. The Bertz CT molecular complexity index is 785. The van der Waals surface area contributed by atoms with Crippen LogP contribution in [0.3, 0.4) is 0 Å². The van der Waals surface area contributed by atoms with Crippen LogP contribution in [0.5, 0.6) is 0 Å². The van der Waals surface area contributed by atoms with Crippen LogP contribution in [0.25, 0.3) is 10.1 Å². The smallest absolute Gasteiger partial charge is 0.380 e. The number of nitrogens with one attached hydrogen (secondary N) is 2. The van der Waals surface area contributed by atoms with Crippen molar-refractivity contribution >= 4 is 49.7 Å². The van der Waals surface area contributed by atoms with Crippen LogP contribution in [0.4, 0.5) is 32.0 Å². The molecule has 10 heteroatoms. The second-order valence-corrected chi connectivity index (χ2v) is 9.05. The first-order valence-electron chi connectivity index (χ1n) is 7.87. The van der Waals surface area contributed by atoms with Gasteiger partial charge in [0.05, 0.1) is 25.6 Å². The van der Waals surface area contributed by atoms with Gasteiger partial charge in [0.25, 0.3) is 0 Å². The molecule has 0 amide bonds. The monoisotopic (exact) mass is 508 g/mol. The summed E-state index contributed by atoms with van der Waals surface area (Å²) in [6.45, 7) is 0.292. The third kappa shape index (κ3) is 4.38. The summed E-state index contributed by atoms with van der Waals surface area (Å²) < 4.78 is 79.4. The molecule has 3 rings (SSSR count). The van der Waals surface area contributed by atoms with Gasteiger partial charge < -0.3 is 10.6 Å². The molecule has 1 aliphatic heterocycles. The Kier molecular flexibility index (Phi) is 5.65. The van der Waals surface area contributed by atoms with Gasteiger partial charge in [-0.3, -0.25) is 0 Å². The van der Waals surface area contributed by atoms with E-state index in [1.807, 2.05) is 22.6 Å². The Balaban J connectivity index is 1.94. The van der Waals surface area contributed by atoms with E-state index in [4.69, 9.17) is 0 Å². The third-order valence-corrected chi connectivity index (χ3v) is 6.77. The van der Waals surface area contributed by atoms with Gasteiger partial charge in [0.1, 0.15) is 0 Å². The molecule has 1 aliphatic rings. The van der Waals surface area contributed by atoms with Gasteiger partial charge in [-0.1, -0.05) is 12.1 Å². The predicted molar refractivity (Wildman–Crippen MR) is 98.7 cm³/mol. The number of alkyl halides is 6. The molecule has 0 spiro atoms. The average Bonchev–Trinajstić information content (AvgIpc) is 2.83. The number of halogens is 7. The molecule has 2 N–H and O–H groups in total. The standard InChI is InChI=1S/C16H15F6IN2S/c17-15(18,19)6-9-8-2-1-3-12(13(8)26-14(9)23)25-11-4-5-24-7-10(11)16(20,21)22/h1-3,10-11,24-25H,4-7H2. The molecule has 2 aromatic rings. The molecule has 2 heterocycles. The Labute approximate surface area is 163 Å².